The fraction of sp³-hybridized carbons (Fsp3) is 0.556. The van der Waals surface area contributed by atoms with E-state index < -0.39 is 0 Å². The molecule has 1 aromatic rings. The van der Waals surface area contributed by atoms with Gasteiger partial charge >= 0.3 is 5.97 Å². The Kier molecular flexibility index (Phi) is 5.58. The number of carbonyl (C=O) groups excluding carboxylic acids is 2. The first-order valence-electron chi connectivity index (χ1n) is 8.04. The van der Waals surface area contributed by atoms with E-state index in [9.17, 15) is 9.59 Å². The van der Waals surface area contributed by atoms with E-state index in [1.54, 1.807) is 0 Å². The van der Waals surface area contributed by atoms with Crippen molar-refractivity contribution in [3.8, 4) is 0 Å². The number of hydrogen-bond acceptors (Lipinski definition) is 3. The molecule has 0 aliphatic carbocycles. The Morgan fingerprint density at radius 3 is 2.68 bits per heavy atom. The maximum absolute atomic E-state index is 12.1. The van der Waals surface area contributed by atoms with Crippen LogP contribution in [0.2, 0.25) is 0 Å². The van der Waals surface area contributed by atoms with Gasteiger partial charge in [0.05, 0.1) is 12.5 Å². The summed E-state index contributed by atoms with van der Waals surface area (Å²) in [7, 11) is 0. The molecule has 0 N–H and O–H groups in total. The summed E-state index contributed by atoms with van der Waals surface area (Å²) in [6.07, 6.45) is 2.30. The van der Waals surface area contributed by atoms with Crippen LogP contribution in [0.5, 0.6) is 0 Å². The zero-order valence-corrected chi connectivity index (χ0v) is 13.7. The average molecular weight is 303 g/mol. The number of ether oxygens (including phenoxy) is 1. The van der Waals surface area contributed by atoms with Crippen molar-refractivity contribution in [2.75, 3.05) is 0 Å². The third-order valence-corrected chi connectivity index (χ3v) is 4.24. The fourth-order valence-electron chi connectivity index (χ4n) is 2.66. The topological polar surface area (TPSA) is 46.6 Å². The molecule has 1 fully saturated rings. The lowest BCUT2D eigenvalue weighted by molar-refractivity contribution is -0.149. The lowest BCUT2D eigenvalue weighted by Gasteiger charge is -2.25. The van der Waals surface area contributed by atoms with Crippen LogP contribution in [0.25, 0.3) is 0 Å². The van der Waals surface area contributed by atoms with Gasteiger partial charge in [0.25, 0.3) is 0 Å². The second kappa shape index (κ2) is 7.43. The van der Waals surface area contributed by atoms with Gasteiger partial charge in [0, 0.05) is 19.0 Å². The molecule has 120 valence electrons. The first-order chi connectivity index (χ1) is 10.5. The van der Waals surface area contributed by atoms with E-state index in [4.69, 9.17) is 4.74 Å². The maximum Gasteiger partial charge on any atom is 0.308 e. The van der Waals surface area contributed by atoms with E-state index in [0.717, 1.165) is 18.4 Å². The van der Waals surface area contributed by atoms with Crippen LogP contribution < -0.4 is 0 Å². The Bertz CT molecular complexity index is 524. The summed E-state index contributed by atoms with van der Waals surface area (Å²) < 4.78 is 5.33. The second-order valence-corrected chi connectivity index (χ2v) is 6.11. The van der Waals surface area contributed by atoms with Gasteiger partial charge in [-0.3, -0.25) is 9.59 Å². The van der Waals surface area contributed by atoms with Gasteiger partial charge in [0.15, 0.2) is 0 Å². The predicted molar refractivity (Wildman–Crippen MR) is 85.2 cm³/mol. The normalized spacial score (nSPS) is 19.3. The Hall–Kier alpha value is -1.84. The highest BCUT2D eigenvalue weighted by atomic mass is 16.5. The highest BCUT2D eigenvalue weighted by Gasteiger charge is 2.33. The van der Waals surface area contributed by atoms with Crippen molar-refractivity contribution in [3.05, 3.63) is 35.4 Å². The fourth-order valence-corrected chi connectivity index (χ4v) is 2.66. The van der Waals surface area contributed by atoms with Crippen LogP contribution in [0.4, 0.5) is 0 Å². The van der Waals surface area contributed by atoms with Crippen LogP contribution >= 0.6 is 0 Å². The summed E-state index contributed by atoms with van der Waals surface area (Å²) >= 11 is 0. The smallest absolute Gasteiger partial charge is 0.308 e. The number of aryl methyl sites for hydroxylation is 1. The third kappa shape index (κ3) is 4.33. The molecular formula is C18H25NO3. The van der Waals surface area contributed by atoms with E-state index in [-0.39, 0.29) is 24.0 Å². The number of nitrogens with zero attached hydrogens (tertiary/aromatic N) is 1. The zero-order chi connectivity index (χ0) is 16.1. The summed E-state index contributed by atoms with van der Waals surface area (Å²) in [5, 5.41) is 0. The van der Waals surface area contributed by atoms with Gasteiger partial charge < -0.3 is 9.64 Å². The van der Waals surface area contributed by atoms with Gasteiger partial charge in [-0.25, -0.2) is 0 Å². The van der Waals surface area contributed by atoms with Crippen molar-refractivity contribution < 1.29 is 14.3 Å². The Morgan fingerprint density at radius 1 is 1.36 bits per heavy atom. The monoisotopic (exact) mass is 303 g/mol. The quantitative estimate of drug-likeness (QED) is 0.758. The highest BCUT2D eigenvalue weighted by molar-refractivity contribution is 5.80. The summed E-state index contributed by atoms with van der Waals surface area (Å²) in [6.45, 7) is 6.49. The first-order valence-corrected chi connectivity index (χ1v) is 8.04. The van der Waals surface area contributed by atoms with Crippen LogP contribution in [0, 0.1) is 6.92 Å². The molecule has 2 unspecified atom stereocenters. The maximum atomic E-state index is 12.1. The second-order valence-electron chi connectivity index (χ2n) is 6.11. The molecule has 1 aliphatic rings. The van der Waals surface area contributed by atoms with Crippen molar-refractivity contribution in [3.63, 3.8) is 0 Å². The number of hydrogen-bond donors (Lipinski definition) is 0. The number of likely N-dealkylation sites (tertiary alicyclic amines) is 1. The molecule has 1 aliphatic heterocycles. The van der Waals surface area contributed by atoms with E-state index in [0.29, 0.717) is 19.4 Å². The van der Waals surface area contributed by atoms with Crippen LogP contribution in [0.15, 0.2) is 24.3 Å². The van der Waals surface area contributed by atoms with Gasteiger partial charge in [-0.15, -0.1) is 0 Å². The van der Waals surface area contributed by atoms with Crippen molar-refractivity contribution >= 4 is 11.9 Å². The summed E-state index contributed by atoms with van der Waals surface area (Å²) in [5.74, 6) is -0.0788. The molecule has 0 radical (unpaired) electrons. The average Bonchev–Trinajstić information content (AvgIpc) is 2.82. The van der Waals surface area contributed by atoms with Crippen molar-refractivity contribution in [1.29, 1.82) is 0 Å². The van der Waals surface area contributed by atoms with Crippen LogP contribution in [0.3, 0.4) is 0 Å². The lowest BCUT2D eigenvalue weighted by Crippen LogP contribution is -2.34. The Labute approximate surface area is 132 Å². The van der Waals surface area contributed by atoms with Crippen LogP contribution in [-0.2, 0) is 20.9 Å². The van der Waals surface area contributed by atoms with Crippen LogP contribution in [0.1, 0.15) is 50.7 Å². The van der Waals surface area contributed by atoms with Gasteiger partial charge in [-0.2, -0.15) is 0 Å². The molecule has 1 saturated heterocycles. The molecule has 0 bridgehead atoms. The predicted octanol–water partition coefficient (Wildman–Crippen LogP) is 3.22. The van der Waals surface area contributed by atoms with Crippen LogP contribution in [-0.4, -0.2) is 28.9 Å². The molecule has 2 rings (SSSR count). The number of benzene rings is 1. The van der Waals surface area contributed by atoms with Gasteiger partial charge in [-0.05, 0) is 32.3 Å². The number of esters is 1. The molecule has 0 spiro atoms. The van der Waals surface area contributed by atoms with Crippen molar-refractivity contribution in [1.82, 2.24) is 4.90 Å². The number of carbonyl (C=O) groups is 2. The highest BCUT2D eigenvalue weighted by Crippen LogP contribution is 2.24. The van der Waals surface area contributed by atoms with Gasteiger partial charge in [0.1, 0.15) is 0 Å². The molecule has 1 heterocycles. The zero-order valence-electron chi connectivity index (χ0n) is 13.7. The molecule has 0 saturated carbocycles. The van der Waals surface area contributed by atoms with Crippen molar-refractivity contribution in [2.24, 2.45) is 0 Å². The van der Waals surface area contributed by atoms with E-state index in [1.165, 1.54) is 5.56 Å². The van der Waals surface area contributed by atoms with E-state index >= 15 is 0 Å². The van der Waals surface area contributed by atoms with E-state index in [2.05, 4.69) is 0 Å². The molecular weight excluding hydrogens is 278 g/mol. The van der Waals surface area contributed by atoms with Gasteiger partial charge in [-0.1, -0.05) is 36.8 Å². The third-order valence-electron chi connectivity index (χ3n) is 4.24. The molecule has 0 aromatic heterocycles. The molecule has 22 heavy (non-hydrogen) atoms. The summed E-state index contributed by atoms with van der Waals surface area (Å²) in [6, 6.07) is 8.13. The summed E-state index contributed by atoms with van der Waals surface area (Å²) in [4.78, 5) is 25.9. The molecule has 1 aromatic carbocycles. The SMILES string of the molecule is CCC(C)OC(=O)CC1CCC(=O)N1Cc1ccc(C)cc1. The summed E-state index contributed by atoms with van der Waals surface area (Å²) in [5.41, 5.74) is 2.30. The minimum absolute atomic E-state index is 0.0367. The van der Waals surface area contributed by atoms with Crippen molar-refractivity contribution in [2.45, 2.75) is 65.1 Å². The molecule has 4 heteroatoms. The largest absolute Gasteiger partial charge is 0.463 e. The lowest BCUT2D eigenvalue weighted by atomic mass is 10.1. The minimum atomic E-state index is -0.206. The molecule has 2 atom stereocenters. The Balaban J connectivity index is 1.97. The Morgan fingerprint density at radius 2 is 2.05 bits per heavy atom. The minimum Gasteiger partial charge on any atom is -0.463 e. The molecule has 1 amide bonds. The first kappa shape index (κ1) is 16.5. The standard InChI is InChI=1S/C18H25NO3/c1-4-14(3)22-18(21)11-16-9-10-17(20)19(16)12-15-7-5-13(2)6-8-15/h5-8,14,16H,4,9-12H2,1-3H3. The molecule has 4 nitrogen and oxygen atoms in total. The number of rotatable bonds is 6. The number of amides is 1. The van der Waals surface area contributed by atoms with E-state index in [1.807, 2.05) is 49.9 Å². The van der Waals surface area contributed by atoms with Gasteiger partial charge in [0.2, 0.25) is 5.91 Å².